The van der Waals surface area contributed by atoms with E-state index in [1.165, 1.54) is 0 Å². The summed E-state index contributed by atoms with van der Waals surface area (Å²) < 4.78 is 37.0. The van der Waals surface area contributed by atoms with Gasteiger partial charge in [0.25, 0.3) is 0 Å². The SMILES string of the molecule is CC(C)(C)C[C@@H](CN[C@@H](CC(C)(C)C)C(=O)O)NC(=O)OCc1ccccc1.O=C(O)C(F)(F)F. The summed E-state index contributed by atoms with van der Waals surface area (Å²) in [5, 5.41) is 22.6. The Morgan fingerprint density at radius 1 is 0.914 bits per heavy atom. The quantitative estimate of drug-likeness (QED) is 0.378. The number of hydrogen-bond donors (Lipinski definition) is 4. The maximum absolute atomic E-state index is 12.2. The molecule has 0 unspecified atom stereocenters. The smallest absolute Gasteiger partial charge is 0.480 e. The number of aliphatic carboxylic acids is 2. The number of amides is 1. The molecule has 4 N–H and O–H groups in total. The van der Waals surface area contributed by atoms with Gasteiger partial charge in [0, 0.05) is 12.6 Å². The Kier molecular flexibility index (Phi) is 12.8. The number of carboxylic acid groups (broad SMARTS) is 2. The number of alkyl halides is 3. The number of halogens is 3. The normalized spacial score (nSPS) is 13.6. The Labute approximate surface area is 204 Å². The molecule has 0 aromatic heterocycles. The highest BCUT2D eigenvalue weighted by atomic mass is 19.4. The highest BCUT2D eigenvalue weighted by Gasteiger charge is 2.38. The van der Waals surface area contributed by atoms with E-state index in [2.05, 4.69) is 31.4 Å². The number of hydrogen-bond acceptors (Lipinski definition) is 5. The number of carbonyl (C=O) groups excluding carboxylic acids is 1. The predicted molar refractivity (Wildman–Crippen MR) is 125 cm³/mol. The second-order valence-corrected chi connectivity index (χ2v) is 10.5. The Hall–Kier alpha value is -2.82. The van der Waals surface area contributed by atoms with Gasteiger partial charge in [-0.3, -0.25) is 4.79 Å². The predicted octanol–water partition coefficient (Wildman–Crippen LogP) is 4.83. The van der Waals surface area contributed by atoms with Crippen LogP contribution in [0.2, 0.25) is 0 Å². The van der Waals surface area contributed by atoms with Crippen molar-refractivity contribution in [2.75, 3.05) is 6.54 Å². The fraction of sp³-hybridized carbons (Fsp3) is 0.625. The van der Waals surface area contributed by atoms with Crippen molar-refractivity contribution in [1.82, 2.24) is 10.6 Å². The summed E-state index contributed by atoms with van der Waals surface area (Å²) in [6.07, 6.45) is -4.38. The first-order valence-electron chi connectivity index (χ1n) is 11.0. The summed E-state index contributed by atoms with van der Waals surface area (Å²) in [4.78, 5) is 32.7. The topological polar surface area (TPSA) is 125 Å². The molecule has 0 aliphatic rings. The summed E-state index contributed by atoms with van der Waals surface area (Å²) in [6, 6.07) is 8.59. The third-order valence-electron chi connectivity index (χ3n) is 4.36. The molecule has 35 heavy (non-hydrogen) atoms. The Morgan fingerprint density at radius 3 is 1.80 bits per heavy atom. The molecule has 0 bridgehead atoms. The van der Waals surface area contributed by atoms with Crippen LogP contribution in [0.25, 0.3) is 0 Å². The molecule has 0 aliphatic heterocycles. The minimum Gasteiger partial charge on any atom is -0.480 e. The number of carboxylic acids is 2. The molecule has 0 aliphatic carbocycles. The lowest BCUT2D eigenvalue weighted by Crippen LogP contribution is -2.49. The number of benzene rings is 1. The van der Waals surface area contributed by atoms with E-state index in [1.807, 2.05) is 51.1 Å². The molecule has 200 valence electrons. The van der Waals surface area contributed by atoms with E-state index in [0.29, 0.717) is 19.4 Å². The third-order valence-corrected chi connectivity index (χ3v) is 4.36. The minimum absolute atomic E-state index is 0.0260. The van der Waals surface area contributed by atoms with E-state index in [0.717, 1.165) is 5.56 Å². The second-order valence-electron chi connectivity index (χ2n) is 10.5. The highest BCUT2D eigenvalue weighted by Crippen LogP contribution is 2.23. The van der Waals surface area contributed by atoms with E-state index in [1.54, 1.807) is 0 Å². The number of carbonyl (C=O) groups is 3. The van der Waals surface area contributed by atoms with Gasteiger partial charge in [-0.2, -0.15) is 13.2 Å². The molecule has 1 amide bonds. The summed E-state index contributed by atoms with van der Waals surface area (Å²) in [5.74, 6) is -3.64. The van der Waals surface area contributed by atoms with Crippen LogP contribution >= 0.6 is 0 Å². The van der Waals surface area contributed by atoms with Crippen molar-refractivity contribution in [3.63, 3.8) is 0 Å². The number of alkyl carbamates (subject to hydrolysis) is 1. The molecule has 2 atom stereocenters. The van der Waals surface area contributed by atoms with E-state index < -0.39 is 30.2 Å². The minimum atomic E-state index is -5.08. The first-order valence-corrected chi connectivity index (χ1v) is 11.0. The van der Waals surface area contributed by atoms with E-state index in [9.17, 15) is 27.9 Å². The lowest BCUT2D eigenvalue weighted by molar-refractivity contribution is -0.192. The van der Waals surface area contributed by atoms with Gasteiger partial charge in [0.1, 0.15) is 12.6 Å². The van der Waals surface area contributed by atoms with Crippen LogP contribution in [-0.2, 0) is 20.9 Å². The Morgan fingerprint density at radius 2 is 1.40 bits per heavy atom. The highest BCUT2D eigenvalue weighted by molar-refractivity contribution is 5.73. The lowest BCUT2D eigenvalue weighted by Gasteiger charge is -2.29. The average Bonchev–Trinajstić information content (AvgIpc) is 2.67. The standard InChI is InChI=1S/C22H36N2O4.C2HF3O2/c1-21(2,3)12-17(14-23-18(19(25)26)13-22(4,5)6)24-20(27)28-15-16-10-8-7-9-11-16;3-2(4,5)1(6)7/h7-11,17-18,23H,12-15H2,1-6H3,(H,24,27)(H,25,26);(H,6,7)/t17-,18-;/m0./s1. The first-order chi connectivity index (χ1) is 15.8. The number of ether oxygens (including phenoxy) is 1. The van der Waals surface area contributed by atoms with Crippen LogP contribution in [0.5, 0.6) is 0 Å². The van der Waals surface area contributed by atoms with Crippen LogP contribution < -0.4 is 10.6 Å². The van der Waals surface area contributed by atoms with Crippen LogP contribution in [0.1, 0.15) is 59.9 Å². The zero-order valence-corrected chi connectivity index (χ0v) is 21.0. The second kappa shape index (κ2) is 13.9. The molecule has 0 heterocycles. The molecule has 0 spiro atoms. The van der Waals surface area contributed by atoms with Crippen LogP contribution in [0.4, 0.5) is 18.0 Å². The van der Waals surface area contributed by atoms with Gasteiger partial charge in [-0.05, 0) is 29.2 Å². The fourth-order valence-electron chi connectivity index (χ4n) is 2.99. The monoisotopic (exact) mass is 506 g/mol. The van der Waals surface area contributed by atoms with Gasteiger partial charge < -0.3 is 25.6 Å². The zero-order chi connectivity index (χ0) is 27.4. The van der Waals surface area contributed by atoms with Crippen LogP contribution in [-0.4, -0.2) is 53.0 Å². The summed E-state index contributed by atoms with van der Waals surface area (Å²) in [6.45, 7) is 12.8. The van der Waals surface area contributed by atoms with E-state index >= 15 is 0 Å². The first kappa shape index (κ1) is 32.2. The Balaban J connectivity index is 0.00000143. The fourth-order valence-corrected chi connectivity index (χ4v) is 2.99. The molecule has 0 fully saturated rings. The van der Waals surface area contributed by atoms with Crippen molar-refractivity contribution in [1.29, 1.82) is 0 Å². The molecular weight excluding hydrogens is 469 g/mol. The molecular formula is C24H37F3N2O6. The van der Waals surface area contributed by atoms with Crippen LogP contribution in [0.15, 0.2) is 30.3 Å². The third kappa shape index (κ3) is 17.3. The summed E-state index contributed by atoms with van der Waals surface area (Å²) in [5.41, 5.74) is 0.777. The van der Waals surface area contributed by atoms with Gasteiger partial charge in [-0.15, -0.1) is 0 Å². The van der Waals surface area contributed by atoms with Crippen molar-refractivity contribution in [2.24, 2.45) is 10.8 Å². The van der Waals surface area contributed by atoms with Gasteiger partial charge in [-0.1, -0.05) is 71.9 Å². The van der Waals surface area contributed by atoms with Gasteiger partial charge in [-0.25, -0.2) is 9.59 Å². The summed E-state index contributed by atoms with van der Waals surface area (Å²) >= 11 is 0. The lowest BCUT2D eigenvalue weighted by atomic mass is 9.86. The van der Waals surface area contributed by atoms with Gasteiger partial charge in [0.15, 0.2) is 0 Å². The average molecular weight is 507 g/mol. The molecule has 0 saturated carbocycles. The van der Waals surface area contributed by atoms with Gasteiger partial charge in [0.2, 0.25) is 0 Å². The van der Waals surface area contributed by atoms with E-state index in [-0.39, 0.29) is 23.5 Å². The van der Waals surface area contributed by atoms with Crippen molar-refractivity contribution in [2.45, 2.75) is 79.3 Å². The van der Waals surface area contributed by atoms with E-state index in [4.69, 9.17) is 14.6 Å². The molecule has 0 radical (unpaired) electrons. The van der Waals surface area contributed by atoms with Crippen molar-refractivity contribution in [3.05, 3.63) is 35.9 Å². The molecule has 11 heteroatoms. The molecule has 0 saturated heterocycles. The zero-order valence-electron chi connectivity index (χ0n) is 21.0. The van der Waals surface area contributed by atoms with Gasteiger partial charge in [0.05, 0.1) is 0 Å². The molecule has 8 nitrogen and oxygen atoms in total. The van der Waals surface area contributed by atoms with Crippen molar-refractivity contribution in [3.8, 4) is 0 Å². The largest absolute Gasteiger partial charge is 0.490 e. The summed E-state index contributed by atoms with van der Waals surface area (Å²) in [7, 11) is 0. The number of nitrogens with one attached hydrogen (secondary N) is 2. The Bertz CT molecular complexity index is 802. The molecule has 1 rings (SSSR count). The molecule has 1 aromatic carbocycles. The molecule has 1 aromatic rings. The maximum Gasteiger partial charge on any atom is 0.490 e. The van der Waals surface area contributed by atoms with Crippen LogP contribution in [0.3, 0.4) is 0 Å². The van der Waals surface area contributed by atoms with Crippen molar-refractivity contribution < 1.29 is 42.5 Å². The van der Waals surface area contributed by atoms with Crippen molar-refractivity contribution >= 4 is 18.0 Å². The maximum atomic E-state index is 12.2. The number of rotatable bonds is 9. The van der Waals surface area contributed by atoms with Crippen LogP contribution in [0, 0.1) is 10.8 Å². The van der Waals surface area contributed by atoms with Gasteiger partial charge >= 0.3 is 24.2 Å².